The normalized spacial score (nSPS) is 21.1. The van der Waals surface area contributed by atoms with E-state index in [1.165, 1.54) is 29.3 Å². The molecule has 2 saturated heterocycles. The quantitative estimate of drug-likeness (QED) is 0.142. The molecule has 4 atom stereocenters. The molecule has 48 heavy (non-hydrogen) atoms. The zero-order valence-corrected chi connectivity index (χ0v) is 29.1. The Morgan fingerprint density at radius 2 is 1.69 bits per heavy atom. The molecule has 2 aliphatic heterocycles. The first-order chi connectivity index (χ1) is 22.6. The fourth-order valence-electron chi connectivity index (χ4n) is 6.28. The maximum atomic E-state index is 13.9. The van der Waals surface area contributed by atoms with Gasteiger partial charge in [0.15, 0.2) is 8.32 Å². The van der Waals surface area contributed by atoms with Gasteiger partial charge in [-0.15, -0.1) is 5.06 Å². The summed E-state index contributed by atoms with van der Waals surface area (Å²) in [4.78, 5) is 31.6. The highest BCUT2D eigenvalue weighted by molar-refractivity contribution is 6.74. The van der Waals surface area contributed by atoms with Gasteiger partial charge in [0.1, 0.15) is 17.4 Å². The number of nitrogens with zero attached hydrogens (tertiary/aromatic N) is 2. The third-order valence-corrected chi connectivity index (χ3v) is 14.4. The molecule has 3 aromatic carbocycles. The fraction of sp³-hybridized carbons (Fsp3) is 0.444. The molecule has 4 unspecified atom stereocenters. The number of amides is 1. The van der Waals surface area contributed by atoms with Crippen LogP contribution in [-0.2, 0) is 20.5 Å². The molecule has 2 fully saturated rings. The van der Waals surface area contributed by atoms with Crippen LogP contribution >= 0.6 is 0 Å². The summed E-state index contributed by atoms with van der Waals surface area (Å²) < 4.78 is 34.6. The summed E-state index contributed by atoms with van der Waals surface area (Å²) in [6, 6.07) is 16.5. The van der Waals surface area contributed by atoms with E-state index in [-0.39, 0.29) is 34.7 Å². The minimum Gasteiger partial charge on any atom is -0.508 e. The van der Waals surface area contributed by atoms with Gasteiger partial charge in [0, 0.05) is 30.9 Å². The standard InChI is InChI=1S/C36H45F2N3O6Si/c1-36(2,3)48(4,5)47-32(24-7-9-25(37)10-8-24)17-16-30-33(41(34(30)43)27-13-11-26(38)12-14-27)29-15-6-23(21-31(29)42)20-28-22-39-18-19-40(28)46-35(44)45/h6-15,21,28,30,32-33,39,42H,16-20,22H2,1-5H3,(H,44,45). The van der Waals surface area contributed by atoms with Gasteiger partial charge in [-0.25, -0.2) is 13.6 Å². The van der Waals surface area contributed by atoms with Gasteiger partial charge in [-0.3, -0.25) is 4.79 Å². The number of benzene rings is 3. The molecular weight excluding hydrogens is 636 g/mol. The number of aromatic hydroxyl groups is 1. The Morgan fingerprint density at radius 3 is 2.29 bits per heavy atom. The third kappa shape index (κ3) is 7.89. The Labute approximate surface area is 281 Å². The monoisotopic (exact) mass is 681 g/mol. The lowest BCUT2D eigenvalue weighted by molar-refractivity contribution is -0.154. The molecule has 2 aliphatic rings. The SMILES string of the molecule is CC(C)(C)[Si](C)(C)OC(CCC1C(=O)N(c2ccc(F)cc2)C1c1ccc(CC2CNCCN2OC(=O)O)cc1O)c1ccc(F)cc1. The summed E-state index contributed by atoms with van der Waals surface area (Å²) in [5, 5.41) is 25.2. The Hall–Kier alpha value is -3.84. The lowest BCUT2D eigenvalue weighted by atomic mass is 9.77. The number of β-lactam (4-membered cyclic amide) rings is 1. The summed E-state index contributed by atoms with van der Waals surface area (Å²) in [6.45, 7) is 12.3. The number of hydroxylamine groups is 2. The van der Waals surface area contributed by atoms with Gasteiger partial charge in [-0.2, -0.15) is 0 Å². The van der Waals surface area contributed by atoms with E-state index in [9.17, 15) is 23.5 Å². The number of halogens is 2. The van der Waals surface area contributed by atoms with Crippen molar-refractivity contribution in [2.45, 2.75) is 76.4 Å². The van der Waals surface area contributed by atoms with Crippen LogP contribution in [0.15, 0.2) is 66.7 Å². The minimum atomic E-state index is -2.26. The van der Waals surface area contributed by atoms with Gasteiger partial charge < -0.3 is 29.7 Å². The highest BCUT2D eigenvalue weighted by atomic mass is 28.4. The predicted molar refractivity (Wildman–Crippen MR) is 181 cm³/mol. The van der Waals surface area contributed by atoms with Crippen LogP contribution in [0, 0.1) is 17.6 Å². The molecule has 0 radical (unpaired) electrons. The summed E-state index contributed by atoms with van der Waals surface area (Å²) in [7, 11) is -2.26. The van der Waals surface area contributed by atoms with Gasteiger partial charge in [-0.1, -0.05) is 45.0 Å². The Bertz CT molecular complexity index is 1600. The van der Waals surface area contributed by atoms with Crippen LogP contribution in [0.5, 0.6) is 5.75 Å². The summed E-state index contributed by atoms with van der Waals surface area (Å²) in [5.74, 6) is -1.40. The molecular formula is C36H45F2N3O6Si. The average molecular weight is 682 g/mol. The van der Waals surface area contributed by atoms with E-state index < -0.39 is 32.2 Å². The highest BCUT2D eigenvalue weighted by Crippen LogP contribution is 2.49. The number of phenols is 1. The molecule has 0 bridgehead atoms. The summed E-state index contributed by atoms with van der Waals surface area (Å²) >= 11 is 0. The summed E-state index contributed by atoms with van der Waals surface area (Å²) in [5.41, 5.74) is 2.69. The van der Waals surface area contributed by atoms with E-state index in [4.69, 9.17) is 14.4 Å². The van der Waals surface area contributed by atoms with Gasteiger partial charge in [0.25, 0.3) is 0 Å². The van der Waals surface area contributed by atoms with E-state index in [2.05, 4.69) is 39.2 Å². The smallest absolute Gasteiger partial charge is 0.508 e. The zero-order valence-electron chi connectivity index (χ0n) is 28.1. The second kappa shape index (κ2) is 14.3. The molecule has 0 spiro atoms. The topological polar surface area (TPSA) is 112 Å². The molecule has 9 nitrogen and oxygen atoms in total. The second-order valence-corrected chi connectivity index (χ2v) is 18.9. The lowest BCUT2D eigenvalue weighted by Crippen LogP contribution is -2.55. The van der Waals surface area contributed by atoms with Crippen LogP contribution in [0.4, 0.5) is 19.3 Å². The van der Waals surface area contributed by atoms with Crippen LogP contribution in [0.1, 0.15) is 62.4 Å². The number of carbonyl (C=O) groups excluding carboxylic acids is 1. The van der Waals surface area contributed by atoms with Crippen LogP contribution in [0.2, 0.25) is 18.1 Å². The molecule has 1 amide bonds. The van der Waals surface area contributed by atoms with E-state index in [0.29, 0.717) is 50.1 Å². The van der Waals surface area contributed by atoms with Crippen molar-refractivity contribution in [2.75, 3.05) is 24.5 Å². The number of carbonyl (C=O) groups is 2. The Kier molecular flexibility index (Phi) is 10.6. The lowest BCUT2D eigenvalue weighted by Gasteiger charge is -2.48. The molecule has 258 valence electrons. The minimum absolute atomic E-state index is 0.00388. The highest BCUT2D eigenvalue weighted by Gasteiger charge is 2.50. The molecule has 12 heteroatoms. The third-order valence-electron chi connectivity index (χ3n) is 9.92. The Morgan fingerprint density at radius 1 is 1.04 bits per heavy atom. The maximum Gasteiger partial charge on any atom is 0.525 e. The average Bonchev–Trinajstić information content (AvgIpc) is 3.01. The van der Waals surface area contributed by atoms with Gasteiger partial charge in [0.2, 0.25) is 5.91 Å². The fourth-order valence-corrected chi connectivity index (χ4v) is 7.60. The molecule has 0 saturated carbocycles. The number of hydrogen-bond acceptors (Lipinski definition) is 7. The van der Waals surface area contributed by atoms with E-state index >= 15 is 0 Å². The van der Waals surface area contributed by atoms with Crippen LogP contribution in [0.3, 0.4) is 0 Å². The van der Waals surface area contributed by atoms with Gasteiger partial charge in [-0.05, 0) is 91.0 Å². The van der Waals surface area contributed by atoms with Crippen molar-refractivity contribution in [3.05, 3.63) is 95.1 Å². The van der Waals surface area contributed by atoms with Crippen molar-refractivity contribution in [2.24, 2.45) is 5.92 Å². The van der Waals surface area contributed by atoms with Crippen molar-refractivity contribution in [3.8, 4) is 5.75 Å². The van der Waals surface area contributed by atoms with E-state index in [1.54, 1.807) is 41.3 Å². The van der Waals surface area contributed by atoms with Crippen LogP contribution in [0.25, 0.3) is 0 Å². The number of anilines is 1. The van der Waals surface area contributed by atoms with Crippen molar-refractivity contribution in [1.82, 2.24) is 10.4 Å². The second-order valence-electron chi connectivity index (χ2n) is 14.2. The first-order valence-electron chi connectivity index (χ1n) is 16.4. The maximum absolute atomic E-state index is 13.9. The number of phenolic OH excluding ortho intramolecular Hbond substituents is 1. The number of hydrogen-bond donors (Lipinski definition) is 3. The molecule has 0 aromatic heterocycles. The van der Waals surface area contributed by atoms with Crippen molar-refractivity contribution >= 4 is 26.1 Å². The van der Waals surface area contributed by atoms with Crippen molar-refractivity contribution in [1.29, 1.82) is 0 Å². The Balaban J connectivity index is 1.42. The number of piperazine rings is 1. The van der Waals surface area contributed by atoms with Gasteiger partial charge >= 0.3 is 6.16 Å². The number of carboxylic acid groups (broad SMARTS) is 1. The summed E-state index contributed by atoms with van der Waals surface area (Å²) in [6.07, 6.45) is -0.384. The molecule has 3 aromatic rings. The first-order valence-corrected chi connectivity index (χ1v) is 19.3. The largest absolute Gasteiger partial charge is 0.525 e. The molecule has 3 N–H and O–H groups in total. The zero-order chi connectivity index (χ0) is 34.8. The number of rotatable bonds is 11. The molecule has 0 aliphatic carbocycles. The van der Waals surface area contributed by atoms with E-state index in [1.807, 2.05) is 6.07 Å². The van der Waals surface area contributed by atoms with Crippen molar-refractivity contribution in [3.63, 3.8) is 0 Å². The predicted octanol–water partition coefficient (Wildman–Crippen LogP) is 7.34. The van der Waals surface area contributed by atoms with Crippen LogP contribution < -0.4 is 10.2 Å². The van der Waals surface area contributed by atoms with Crippen molar-refractivity contribution < 1.29 is 37.8 Å². The van der Waals surface area contributed by atoms with Gasteiger partial charge in [0.05, 0.1) is 24.1 Å². The number of nitrogens with one attached hydrogen (secondary N) is 1. The molecule has 5 rings (SSSR count). The first kappa shape index (κ1) is 35.5. The molecule has 2 heterocycles. The van der Waals surface area contributed by atoms with Crippen LogP contribution in [-0.4, -0.2) is 61.3 Å². The van der Waals surface area contributed by atoms with E-state index in [0.717, 1.165) is 11.1 Å².